The van der Waals surface area contributed by atoms with E-state index in [-0.39, 0.29) is 34.7 Å². The van der Waals surface area contributed by atoms with Gasteiger partial charge in [-0.1, -0.05) is 60.1 Å². The number of hydrogen-bond acceptors (Lipinski definition) is 7. The van der Waals surface area contributed by atoms with E-state index >= 15 is 0 Å². The van der Waals surface area contributed by atoms with Crippen molar-refractivity contribution in [2.45, 2.75) is 50.7 Å². The van der Waals surface area contributed by atoms with Gasteiger partial charge in [-0.3, -0.25) is 19.5 Å². The van der Waals surface area contributed by atoms with Gasteiger partial charge in [0.2, 0.25) is 0 Å². The zero-order valence-electron chi connectivity index (χ0n) is 29.9. The first-order valence-corrected chi connectivity index (χ1v) is 18.6. The Bertz CT molecular complexity index is 2090. The van der Waals surface area contributed by atoms with Crippen LogP contribution in [-0.2, 0) is 6.54 Å². The fourth-order valence-corrected chi connectivity index (χ4v) is 7.44. The number of hydrogen-bond donors (Lipinski definition) is 2. The number of benzene rings is 3. The minimum atomic E-state index is -4.78. The summed E-state index contributed by atoms with van der Waals surface area (Å²) in [5.41, 5.74) is 5.09. The average Bonchev–Trinajstić information content (AvgIpc) is 3.19. The zero-order valence-corrected chi connectivity index (χ0v) is 30.7. The van der Waals surface area contributed by atoms with Gasteiger partial charge in [0.1, 0.15) is 11.6 Å². The number of piperidine rings is 2. The van der Waals surface area contributed by atoms with Crippen LogP contribution in [0.25, 0.3) is 22.3 Å². The Balaban J connectivity index is 0.848. The second kappa shape index (κ2) is 16.9. The zero-order chi connectivity index (χ0) is 38.4. The molecule has 0 bridgehead atoms. The predicted octanol–water partition coefficient (Wildman–Crippen LogP) is 8.16. The number of alkyl halides is 3. The van der Waals surface area contributed by atoms with E-state index in [4.69, 9.17) is 16.6 Å². The Kier molecular flexibility index (Phi) is 11.6. The van der Waals surface area contributed by atoms with Crippen molar-refractivity contribution in [3.63, 3.8) is 0 Å². The van der Waals surface area contributed by atoms with Crippen molar-refractivity contribution in [1.29, 1.82) is 0 Å². The van der Waals surface area contributed by atoms with Crippen LogP contribution in [0.15, 0.2) is 110 Å². The molecule has 2 saturated heterocycles. The molecule has 284 valence electrons. The number of likely N-dealkylation sites (tertiary alicyclic amines) is 1. The number of ether oxygens (including phenoxy) is 1. The highest BCUT2D eigenvalue weighted by atomic mass is 35.5. The molecule has 9 nitrogen and oxygen atoms in total. The number of pyridine rings is 2. The molecule has 55 heavy (non-hydrogen) atoms. The molecular formula is C42H40ClF3N6O3. The summed E-state index contributed by atoms with van der Waals surface area (Å²) in [6.07, 6.45) is 3.88. The van der Waals surface area contributed by atoms with Gasteiger partial charge in [-0.25, -0.2) is 4.98 Å². The summed E-state index contributed by atoms with van der Waals surface area (Å²) in [6, 6.07) is 26.2. The number of carbonyl (C=O) groups is 2. The highest BCUT2D eigenvalue weighted by molar-refractivity contribution is 6.36. The molecule has 0 saturated carbocycles. The lowest BCUT2D eigenvalue weighted by Gasteiger charge is -2.34. The Morgan fingerprint density at radius 2 is 1.45 bits per heavy atom. The van der Waals surface area contributed by atoms with Gasteiger partial charge in [-0.05, 0) is 84.8 Å². The summed E-state index contributed by atoms with van der Waals surface area (Å²) < 4.78 is 41.6. The van der Waals surface area contributed by atoms with Crippen molar-refractivity contribution in [1.82, 2.24) is 25.5 Å². The lowest BCUT2D eigenvalue weighted by Crippen LogP contribution is -2.45. The Morgan fingerprint density at radius 1 is 0.764 bits per heavy atom. The molecule has 2 aliphatic rings. The SMILES string of the molecule is O=C(NC1CCN(c2ccc(CN3CCC(NC(=O)c4cccc(-c5ccc(OC(F)(F)F)cc5)c4Cl)CC3)cn2)CC1)c1cccc(-c2cccnc2)c1. The molecule has 13 heteroatoms. The molecular weight excluding hydrogens is 729 g/mol. The number of amides is 2. The molecule has 4 heterocycles. The smallest absolute Gasteiger partial charge is 0.406 e. The van der Waals surface area contributed by atoms with E-state index < -0.39 is 6.36 Å². The minimum absolute atomic E-state index is 0.0208. The first-order valence-electron chi connectivity index (χ1n) is 18.3. The molecule has 7 rings (SSSR count). The molecule has 3 aromatic carbocycles. The lowest BCUT2D eigenvalue weighted by molar-refractivity contribution is -0.274. The van der Waals surface area contributed by atoms with Crippen molar-refractivity contribution < 1.29 is 27.5 Å². The fraction of sp³-hybridized carbons (Fsp3) is 0.286. The summed E-state index contributed by atoms with van der Waals surface area (Å²) in [6.45, 7) is 3.97. The number of anilines is 1. The standard InChI is InChI=1S/C42H40ClF3N6O3/c43-39-36(29-10-12-35(13-11-29)55-42(44,45)46)7-2-8-37(39)41(54)50-33-15-20-51(21-16-33)27-28-9-14-38(48-25-28)52-22-17-34(18-23-52)49-40(53)31-5-1-4-30(24-31)32-6-3-19-47-26-32/h1-14,19,24-26,33-34H,15-18,20-23,27H2,(H,49,53)(H,50,54). The van der Waals surface area contributed by atoms with Crippen LogP contribution in [0.5, 0.6) is 5.75 Å². The van der Waals surface area contributed by atoms with Crippen LogP contribution >= 0.6 is 11.6 Å². The Labute approximate surface area is 322 Å². The van der Waals surface area contributed by atoms with Crippen LogP contribution in [-0.4, -0.2) is 71.3 Å². The molecule has 2 N–H and O–H groups in total. The van der Waals surface area contributed by atoms with E-state index in [0.717, 1.165) is 80.9 Å². The molecule has 0 aliphatic carbocycles. The van der Waals surface area contributed by atoms with E-state index in [1.165, 1.54) is 24.3 Å². The molecule has 0 spiro atoms. The number of rotatable bonds is 10. The highest BCUT2D eigenvalue weighted by Gasteiger charge is 2.31. The van der Waals surface area contributed by atoms with Gasteiger partial charge in [0.05, 0.1) is 10.6 Å². The maximum absolute atomic E-state index is 13.3. The average molecular weight is 769 g/mol. The molecule has 2 amide bonds. The van der Waals surface area contributed by atoms with Gasteiger partial charge in [-0.2, -0.15) is 0 Å². The number of nitrogens with zero attached hydrogens (tertiary/aromatic N) is 4. The molecule has 5 aromatic rings. The molecule has 0 unspecified atom stereocenters. The van der Waals surface area contributed by atoms with Crippen molar-refractivity contribution in [2.75, 3.05) is 31.1 Å². The van der Waals surface area contributed by atoms with E-state index in [1.807, 2.05) is 42.6 Å². The Hall–Kier alpha value is -5.46. The van der Waals surface area contributed by atoms with E-state index in [0.29, 0.717) is 22.3 Å². The molecule has 0 atom stereocenters. The third-order valence-electron chi connectivity index (χ3n) is 10.1. The molecule has 0 radical (unpaired) electrons. The van der Waals surface area contributed by atoms with Crippen molar-refractivity contribution in [3.8, 4) is 28.0 Å². The van der Waals surface area contributed by atoms with E-state index in [2.05, 4.69) is 42.3 Å². The van der Waals surface area contributed by atoms with Crippen LogP contribution < -0.4 is 20.3 Å². The van der Waals surface area contributed by atoms with Crippen LogP contribution in [0.1, 0.15) is 52.0 Å². The van der Waals surface area contributed by atoms with Gasteiger partial charge in [0.25, 0.3) is 11.8 Å². The van der Waals surface area contributed by atoms with Crippen molar-refractivity contribution in [2.24, 2.45) is 0 Å². The first-order chi connectivity index (χ1) is 26.6. The normalized spacial score (nSPS) is 15.7. The number of aromatic nitrogens is 2. The summed E-state index contributed by atoms with van der Waals surface area (Å²) >= 11 is 6.64. The monoisotopic (exact) mass is 768 g/mol. The van der Waals surface area contributed by atoms with Crippen LogP contribution in [0, 0.1) is 0 Å². The molecule has 2 aliphatic heterocycles. The molecule has 2 fully saturated rings. The summed E-state index contributed by atoms with van der Waals surface area (Å²) in [5.74, 6) is 0.230. The highest BCUT2D eigenvalue weighted by Crippen LogP contribution is 2.33. The molecule has 2 aromatic heterocycles. The number of nitrogens with one attached hydrogen (secondary N) is 2. The van der Waals surface area contributed by atoms with Crippen molar-refractivity contribution in [3.05, 3.63) is 131 Å². The van der Waals surface area contributed by atoms with Crippen molar-refractivity contribution >= 4 is 29.2 Å². The largest absolute Gasteiger partial charge is 0.573 e. The third-order valence-corrected chi connectivity index (χ3v) is 10.5. The summed E-state index contributed by atoms with van der Waals surface area (Å²) in [5, 5.41) is 6.55. The maximum Gasteiger partial charge on any atom is 0.573 e. The quantitative estimate of drug-likeness (QED) is 0.148. The van der Waals surface area contributed by atoms with E-state index in [1.54, 1.807) is 30.6 Å². The second-order valence-corrected chi connectivity index (χ2v) is 14.2. The van der Waals surface area contributed by atoms with E-state index in [9.17, 15) is 22.8 Å². The second-order valence-electron chi connectivity index (χ2n) is 13.8. The van der Waals surface area contributed by atoms with Gasteiger partial charge >= 0.3 is 6.36 Å². The van der Waals surface area contributed by atoms with Gasteiger partial charge in [0, 0.05) is 80.1 Å². The Morgan fingerprint density at radius 3 is 2.13 bits per heavy atom. The fourth-order valence-electron chi connectivity index (χ4n) is 7.12. The van der Waals surface area contributed by atoms with Gasteiger partial charge in [0.15, 0.2) is 0 Å². The van der Waals surface area contributed by atoms with Crippen LogP contribution in [0.2, 0.25) is 5.02 Å². The van der Waals surface area contributed by atoms with Crippen LogP contribution in [0.4, 0.5) is 19.0 Å². The third kappa shape index (κ3) is 9.81. The van der Waals surface area contributed by atoms with Gasteiger partial charge < -0.3 is 20.3 Å². The number of halogens is 4. The van der Waals surface area contributed by atoms with Crippen LogP contribution in [0.3, 0.4) is 0 Å². The summed E-state index contributed by atoms with van der Waals surface area (Å²) in [4.78, 5) is 39.9. The maximum atomic E-state index is 13.3. The number of carbonyl (C=O) groups excluding carboxylic acids is 2. The topological polar surface area (TPSA) is 99.7 Å². The lowest BCUT2D eigenvalue weighted by atomic mass is 10.0. The first kappa shape index (κ1) is 37.8. The minimum Gasteiger partial charge on any atom is -0.406 e. The van der Waals surface area contributed by atoms with Gasteiger partial charge in [-0.15, -0.1) is 13.2 Å². The predicted molar refractivity (Wildman–Crippen MR) is 206 cm³/mol. The summed E-state index contributed by atoms with van der Waals surface area (Å²) in [7, 11) is 0.